The van der Waals surface area contributed by atoms with E-state index in [0.717, 1.165) is 30.6 Å². The van der Waals surface area contributed by atoms with E-state index in [0.29, 0.717) is 17.3 Å². The second-order valence-corrected chi connectivity index (χ2v) is 9.36. The van der Waals surface area contributed by atoms with Crippen LogP contribution in [-0.4, -0.2) is 19.0 Å². The lowest BCUT2D eigenvalue weighted by Gasteiger charge is -2.58. The molecule has 2 heteroatoms. The summed E-state index contributed by atoms with van der Waals surface area (Å²) < 4.78 is 5.87. The minimum absolute atomic E-state index is 0.214. The van der Waals surface area contributed by atoms with Gasteiger partial charge in [-0.15, -0.1) is 0 Å². The van der Waals surface area contributed by atoms with Crippen LogP contribution in [0, 0.1) is 34.5 Å². The molecule has 0 bridgehead atoms. The number of rotatable bonds is 1. The fourth-order valence-corrected chi connectivity index (χ4v) is 7.24. The first-order chi connectivity index (χ1) is 10.9. The van der Waals surface area contributed by atoms with Crippen LogP contribution in [0.3, 0.4) is 0 Å². The van der Waals surface area contributed by atoms with E-state index in [2.05, 4.69) is 20.8 Å². The fraction of sp³-hybridized carbons (Fsp3) is 0.857. The van der Waals surface area contributed by atoms with Crippen LogP contribution in [0.25, 0.3) is 0 Å². The predicted molar refractivity (Wildman–Crippen MR) is 92.1 cm³/mol. The van der Waals surface area contributed by atoms with Crippen LogP contribution in [0.15, 0.2) is 11.6 Å². The summed E-state index contributed by atoms with van der Waals surface area (Å²) >= 11 is 0. The third-order valence-corrected chi connectivity index (χ3v) is 8.47. The monoisotopic (exact) mass is 316 g/mol. The number of ketones is 1. The molecule has 3 saturated carbocycles. The number of methoxy groups -OCH3 is 1. The SMILES string of the molecule is CO[C@H]1CC[C@H]2[C@@H]3CCC4=CC(=O)[C@H](C)C[C@]4(C)[C@H]3CC[C@]12C. The first-order valence-corrected chi connectivity index (χ1v) is 9.68. The highest BCUT2D eigenvalue weighted by Crippen LogP contribution is 2.65. The number of carbonyl (C=O) groups excluding carboxylic acids is 1. The van der Waals surface area contributed by atoms with Gasteiger partial charge in [-0.1, -0.05) is 26.3 Å². The van der Waals surface area contributed by atoms with Crippen LogP contribution >= 0.6 is 0 Å². The van der Waals surface area contributed by atoms with Crippen LogP contribution in [0.4, 0.5) is 0 Å². The van der Waals surface area contributed by atoms with Crippen molar-refractivity contribution in [2.45, 2.75) is 71.8 Å². The molecule has 0 unspecified atom stereocenters. The summed E-state index contributed by atoms with van der Waals surface area (Å²) in [6.07, 6.45) is 11.3. The standard InChI is InChI=1S/C21H32O2/c1-13-12-21(3)14(11-18(13)22)5-6-15-16-7-8-19(23-4)20(16,2)10-9-17(15)21/h11,13,15-17,19H,5-10,12H2,1-4H3/t13-,15+,16+,17+,19+,20+,21+/m1/s1. The van der Waals surface area contributed by atoms with Crippen LogP contribution < -0.4 is 0 Å². The minimum atomic E-state index is 0.214. The molecule has 0 aliphatic heterocycles. The third-order valence-electron chi connectivity index (χ3n) is 8.47. The molecule has 7 atom stereocenters. The van der Waals surface area contributed by atoms with E-state index in [4.69, 9.17) is 4.74 Å². The quantitative estimate of drug-likeness (QED) is 0.696. The van der Waals surface area contributed by atoms with Crippen molar-refractivity contribution in [2.75, 3.05) is 7.11 Å². The van der Waals surface area contributed by atoms with Crippen LogP contribution in [-0.2, 0) is 9.53 Å². The zero-order valence-corrected chi connectivity index (χ0v) is 15.2. The van der Waals surface area contributed by atoms with Gasteiger partial charge in [-0.3, -0.25) is 4.79 Å². The zero-order chi connectivity index (χ0) is 16.4. The van der Waals surface area contributed by atoms with Gasteiger partial charge in [0.15, 0.2) is 5.78 Å². The molecule has 4 rings (SSSR count). The van der Waals surface area contributed by atoms with E-state index < -0.39 is 0 Å². The maximum Gasteiger partial charge on any atom is 0.158 e. The van der Waals surface area contributed by atoms with Crippen LogP contribution in [0.1, 0.15) is 65.7 Å². The van der Waals surface area contributed by atoms with Gasteiger partial charge in [-0.25, -0.2) is 0 Å². The topological polar surface area (TPSA) is 26.3 Å². The summed E-state index contributed by atoms with van der Waals surface area (Å²) in [5.74, 6) is 3.05. The Hall–Kier alpha value is -0.630. The summed E-state index contributed by atoms with van der Waals surface area (Å²) in [5, 5.41) is 0. The van der Waals surface area contributed by atoms with Crippen molar-refractivity contribution in [3.8, 4) is 0 Å². The van der Waals surface area contributed by atoms with Crippen LogP contribution in [0.2, 0.25) is 0 Å². The average Bonchev–Trinajstić information content (AvgIpc) is 2.85. The van der Waals surface area contributed by atoms with Crippen molar-refractivity contribution in [3.63, 3.8) is 0 Å². The summed E-state index contributed by atoms with van der Waals surface area (Å²) in [6, 6.07) is 0. The van der Waals surface area contributed by atoms with Crippen molar-refractivity contribution < 1.29 is 9.53 Å². The number of ether oxygens (including phenoxy) is 1. The van der Waals surface area contributed by atoms with Gasteiger partial charge in [-0.2, -0.15) is 0 Å². The van der Waals surface area contributed by atoms with Gasteiger partial charge in [0, 0.05) is 13.0 Å². The zero-order valence-electron chi connectivity index (χ0n) is 15.2. The molecule has 0 saturated heterocycles. The normalized spacial score (nSPS) is 52.4. The molecule has 0 radical (unpaired) electrons. The Morgan fingerprint density at radius 2 is 1.91 bits per heavy atom. The highest BCUT2D eigenvalue weighted by atomic mass is 16.5. The van der Waals surface area contributed by atoms with Gasteiger partial charge in [0.05, 0.1) is 6.10 Å². The molecular weight excluding hydrogens is 284 g/mol. The molecule has 4 aliphatic rings. The third kappa shape index (κ3) is 2.06. The molecule has 0 N–H and O–H groups in total. The predicted octanol–water partition coefficient (Wildman–Crippen LogP) is 4.78. The molecule has 128 valence electrons. The van der Waals surface area contributed by atoms with E-state index in [1.807, 2.05) is 13.2 Å². The highest BCUT2D eigenvalue weighted by molar-refractivity contribution is 5.93. The van der Waals surface area contributed by atoms with Gasteiger partial charge in [-0.05, 0) is 79.6 Å². The molecule has 0 aromatic heterocycles. The lowest BCUT2D eigenvalue weighted by atomic mass is 9.47. The molecule has 0 aromatic carbocycles. The first-order valence-electron chi connectivity index (χ1n) is 9.68. The number of carbonyl (C=O) groups is 1. The van der Waals surface area contributed by atoms with Gasteiger partial charge in [0.25, 0.3) is 0 Å². The van der Waals surface area contributed by atoms with E-state index in [-0.39, 0.29) is 11.3 Å². The lowest BCUT2D eigenvalue weighted by Crippen LogP contribution is -2.52. The maximum absolute atomic E-state index is 12.2. The second kappa shape index (κ2) is 5.18. The smallest absolute Gasteiger partial charge is 0.158 e. The Morgan fingerprint density at radius 3 is 2.65 bits per heavy atom. The number of fused-ring (bicyclic) bond motifs is 5. The number of hydrogen-bond acceptors (Lipinski definition) is 2. The Labute approximate surface area is 141 Å². The molecule has 0 spiro atoms. The molecule has 0 aromatic rings. The van der Waals surface area contributed by atoms with E-state index >= 15 is 0 Å². The molecule has 2 nitrogen and oxygen atoms in total. The van der Waals surface area contributed by atoms with Gasteiger partial charge in [0.2, 0.25) is 0 Å². The fourth-order valence-electron chi connectivity index (χ4n) is 7.24. The largest absolute Gasteiger partial charge is 0.381 e. The summed E-state index contributed by atoms with van der Waals surface area (Å²) in [6.45, 7) is 7.10. The van der Waals surface area contributed by atoms with Crippen molar-refractivity contribution in [3.05, 3.63) is 11.6 Å². The van der Waals surface area contributed by atoms with Gasteiger partial charge >= 0.3 is 0 Å². The van der Waals surface area contributed by atoms with Crippen molar-refractivity contribution >= 4 is 5.78 Å². The minimum Gasteiger partial charge on any atom is -0.381 e. The van der Waals surface area contributed by atoms with Crippen LogP contribution in [0.5, 0.6) is 0 Å². The van der Waals surface area contributed by atoms with Gasteiger partial charge in [0.1, 0.15) is 0 Å². The molecule has 4 aliphatic carbocycles. The Morgan fingerprint density at radius 1 is 1.13 bits per heavy atom. The lowest BCUT2D eigenvalue weighted by molar-refractivity contribution is -0.122. The molecular formula is C21H32O2. The number of hydrogen-bond donors (Lipinski definition) is 0. The Balaban J connectivity index is 1.67. The maximum atomic E-state index is 12.2. The molecule has 0 amide bonds. The highest BCUT2D eigenvalue weighted by Gasteiger charge is 2.59. The summed E-state index contributed by atoms with van der Waals surface area (Å²) in [7, 11) is 1.90. The first kappa shape index (κ1) is 15.9. The Kier molecular flexibility index (Phi) is 3.58. The second-order valence-electron chi connectivity index (χ2n) is 9.36. The molecule has 23 heavy (non-hydrogen) atoms. The summed E-state index contributed by atoms with van der Waals surface area (Å²) in [5.41, 5.74) is 2.15. The number of allylic oxidation sites excluding steroid dienone is 1. The van der Waals surface area contributed by atoms with E-state index in [1.54, 1.807) is 0 Å². The summed E-state index contributed by atoms with van der Waals surface area (Å²) in [4.78, 5) is 12.2. The average molecular weight is 316 g/mol. The molecule has 0 heterocycles. The van der Waals surface area contributed by atoms with Gasteiger partial charge < -0.3 is 4.74 Å². The van der Waals surface area contributed by atoms with Crippen molar-refractivity contribution in [1.29, 1.82) is 0 Å². The molecule has 3 fully saturated rings. The van der Waals surface area contributed by atoms with Crippen molar-refractivity contribution in [2.24, 2.45) is 34.5 Å². The Bertz CT molecular complexity index is 550. The van der Waals surface area contributed by atoms with E-state index in [1.165, 1.54) is 37.7 Å². The van der Waals surface area contributed by atoms with E-state index in [9.17, 15) is 4.79 Å². The van der Waals surface area contributed by atoms with Crippen molar-refractivity contribution in [1.82, 2.24) is 0 Å².